The quantitative estimate of drug-likeness (QED) is 0.923. The first-order valence-electron chi connectivity index (χ1n) is 7.17. The van der Waals surface area contributed by atoms with E-state index in [2.05, 4.69) is 5.32 Å². The van der Waals surface area contributed by atoms with Crippen LogP contribution in [0.2, 0.25) is 5.02 Å². The monoisotopic (exact) mass is 291 g/mol. The maximum absolute atomic E-state index is 12.0. The lowest BCUT2D eigenvalue weighted by molar-refractivity contribution is -0.117. The van der Waals surface area contributed by atoms with E-state index in [9.17, 15) is 9.59 Å². The van der Waals surface area contributed by atoms with E-state index in [1.807, 2.05) is 12.1 Å². The van der Waals surface area contributed by atoms with Crippen LogP contribution in [-0.4, -0.2) is 11.7 Å². The van der Waals surface area contributed by atoms with Crippen molar-refractivity contribution in [1.82, 2.24) is 0 Å². The molecule has 2 saturated carbocycles. The third-order valence-electron chi connectivity index (χ3n) is 4.52. The summed E-state index contributed by atoms with van der Waals surface area (Å²) in [6, 6.07) is 7.15. The van der Waals surface area contributed by atoms with Crippen LogP contribution in [-0.2, 0) is 9.59 Å². The molecule has 20 heavy (non-hydrogen) atoms. The Morgan fingerprint density at radius 3 is 2.35 bits per heavy atom. The number of Topliss-reactive ketones (excluding diaryl/α,β-unsaturated/α-hetero) is 1. The predicted molar refractivity (Wildman–Crippen MR) is 78.6 cm³/mol. The van der Waals surface area contributed by atoms with Crippen molar-refractivity contribution < 1.29 is 9.59 Å². The molecule has 0 bridgehead atoms. The molecule has 0 spiro atoms. The molecule has 0 radical (unpaired) electrons. The number of fused-ring (bicyclic) bond motifs is 1. The molecule has 4 heteroatoms. The van der Waals surface area contributed by atoms with Crippen LogP contribution in [0.3, 0.4) is 0 Å². The van der Waals surface area contributed by atoms with Gasteiger partial charge < -0.3 is 5.32 Å². The van der Waals surface area contributed by atoms with Gasteiger partial charge in [-0.25, -0.2) is 0 Å². The van der Waals surface area contributed by atoms with E-state index in [1.54, 1.807) is 12.1 Å². The van der Waals surface area contributed by atoms with Crippen LogP contribution >= 0.6 is 11.6 Å². The first kappa shape index (κ1) is 13.6. The van der Waals surface area contributed by atoms with Crippen LogP contribution in [0.5, 0.6) is 0 Å². The van der Waals surface area contributed by atoms with Gasteiger partial charge in [0.25, 0.3) is 0 Å². The molecule has 106 valence electrons. The molecule has 0 aromatic heterocycles. The number of amides is 1. The lowest BCUT2D eigenvalue weighted by atomic mass is 9.99. The Balaban J connectivity index is 1.50. The SMILES string of the molecule is O=C1C[C@@H]2CC(CC(=O)Nc3ccc(Cl)cc3)C[C@@H]2C1. The number of nitrogens with one attached hydrogen (secondary N) is 1. The highest BCUT2D eigenvalue weighted by Crippen LogP contribution is 2.46. The van der Waals surface area contributed by atoms with Gasteiger partial charge in [0, 0.05) is 30.0 Å². The lowest BCUT2D eigenvalue weighted by Gasteiger charge is -2.11. The minimum atomic E-state index is 0.0589. The molecule has 2 fully saturated rings. The molecule has 1 aromatic rings. The Bertz CT molecular complexity index is 510. The first-order chi connectivity index (χ1) is 9.60. The summed E-state index contributed by atoms with van der Waals surface area (Å²) in [6.07, 6.45) is 4.10. The summed E-state index contributed by atoms with van der Waals surface area (Å²) in [7, 11) is 0. The average molecular weight is 292 g/mol. The molecule has 1 aromatic carbocycles. The standard InChI is InChI=1S/C16H18ClNO2/c17-13-1-3-14(4-2-13)18-16(20)7-10-5-11-8-15(19)9-12(11)6-10/h1-4,10-12H,5-9H2,(H,18,20)/t10?,11-,12+. The predicted octanol–water partition coefficient (Wildman–Crippen LogP) is 3.67. The highest BCUT2D eigenvalue weighted by Gasteiger charge is 2.41. The number of halogens is 1. The topological polar surface area (TPSA) is 46.2 Å². The smallest absolute Gasteiger partial charge is 0.224 e. The molecular formula is C16H18ClNO2. The number of anilines is 1. The fourth-order valence-electron chi connectivity index (χ4n) is 3.68. The minimum Gasteiger partial charge on any atom is -0.326 e. The summed E-state index contributed by atoms with van der Waals surface area (Å²) in [5, 5.41) is 3.57. The third-order valence-corrected chi connectivity index (χ3v) is 4.77. The van der Waals surface area contributed by atoms with E-state index in [4.69, 9.17) is 11.6 Å². The summed E-state index contributed by atoms with van der Waals surface area (Å²) in [6.45, 7) is 0. The summed E-state index contributed by atoms with van der Waals surface area (Å²) in [4.78, 5) is 23.4. The number of hydrogen-bond acceptors (Lipinski definition) is 2. The van der Waals surface area contributed by atoms with Gasteiger partial charge in [-0.3, -0.25) is 9.59 Å². The average Bonchev–Trinajstić information content (AvgIpc) is 2.88. The van der Waals surface area contributed by atoms with Gasteiger partial charge in [-0.15, -0.1) is 0 Å². The molecule has 1 N–H and O–H groups in total. The summed E-state index contributed by atoms with van der Waals surface area (Å²) >= 11 is 5.81. The van der Waals surface area contributed by atoms with E-state index < -0.39 is 0 Å². The maximum atomic E-state index is 12.0. The zero-order chi connectivity index (χ0) is 14.1. The molecular weight excluding hydrogens is 274 g/mol. The Hall–Kier alpha value is -1.35. The Morgan fingerprint density at radius 1 is 1.15 bits per heavy atom. The van der Waals surface area contributed by atoms with Crippen molar-refractivity contribution in [2.24, 2.45) is 17.8 Å². The molecule has 0 saturated heterocycles. The van der Waals surface area contributed by atoms with Crippen molar-refractivity contribution in [1.29, 1.82) is 0 Å². The Labute approximate surface area is 123 Å². The fourth-order valence-corrected chi connectivity index (χ4v) is 3.81. The van der Waals surface area contributed by atoms with E-state index in [1.165, 1.54) is 0 Å². The van der Waals surface area contributed by atoms with E-state index in [0.717, 1.165) is 31.4 Å². The molecule has 1 amide bonds. The van der Waals surface area contributed by atoms with Crippen molar-refractivity contribution >= 4 is 29.0 Å². The van der Waals surface area contributed by atoms with Crippen LogP contribution in [0.4, 0.5) is 5.69 Å². The second-order valence-corrected chi connectivity index (χ2v) is 6.50. The first-order valence-corrected chi connectivity index (χ1v) is 7.55. The number of carbonyl (C=O) groups is 2. The Morgan fingerprint density at radius 2 is 1.75 bits per heavy atom. The minimum absolute atomic E-state index is 0.0589. The van der Waals surface area contributed by atoms with Crippen molar-refractivity contribution in [2.75, 3.05) is 5.32 Å². The highest BCUT2D eigenvalue weighted by molar-refractivity contribution is 6.30. The molecule has 2 aliphatic rings. The summed E-state index contributed by atoms with van der Waals surface area (Å²) < 4.78 is 0. The van der Waals surface area contributed by atoms with Gasteiger partial charge in [-0.1, -0.05) is 11.6 Å². The Kier molecular flexibility index (Phi) is 3.79. The molecule has 3 atom stereocenters. The maximum Gasteiger partial charge on any atom is 0.224 e. The second kappa shape index (κ2) is 5.57. The molecule has 3 nitrogen and oxygen atoms in total. The molecule has 2 aliphatic carbocycles. The number of benzene rings is 1. The molecule has 0 heterocycles. The van der Waals surface area contributed by atoms with Gasteiger partial charge in [-0.2, -0.15) is 0 Å². The largest absolute Gasteiger partial charge is 0.326 e. The zero-order valence-electron chi connectivity index (χ0n) is 11.3. The van der Waals surface area contributed by atoms with E-state index in [-0.39, 0.29) is 5.91 Å². The molecule has 0 aliphatic heterocycles. The van der Waals surface area contributed by atoms with Gasteiger partial charge in [0.2, 0.25) is 5.91 Å². The van der Waals surface area contributed by atoms with Crippen LogP contribution < -0.4 is 5.32 Å². The number of rotatable bonds is 3. The van der Waals surface area contributed by atoms with Crippen LogP contribution in [0.1, 0.15) is 32.1 Å². The summed E-state index contributed by atoms with van der Waals surface area (Å²) in [5.41, 5.74) is 0.785. The fraction of sp³-hybridized carbons (Fsp3) is 0.500. The van der Waals surface area contributed by atoms with Gasteiger partial charge in [0.15, 0.2) is 0 Å². The van der Waals surface area contributed by atoms with E-state index in [0.29, 0.717) is 35.0 Å². The molecule has 3 rings (SSSR count). The number of carbonyl (C=O) groups excluding carboxylic acids is 2. The van der Waals surface area contributed by atoms with Crippen molar-refractivity contribution in [2.45, 2.75) is 32.1 Å². The number of ketones is 1. The highest BCUT2D eigenvalue weighted by atomic mass is 35.5. The van der Waals surface area contributed by atoms with E-state index >= 15 is 0 Å². The summed E-state index contributed by atoms with van der Waals surface area (Å²) in [5.74, 6) is 1.98. The lowest BCUT2D eigenvalue weighted by Crippen LogP contribution is -2.15. The van der Waals surface area contributed by atoms with Crippen molar-refractivity contribution in [3.05, 3.63) is 29.3 Å². The number of hydrogen-bond donors (Lipinski definition) is 1. The van der Waals surface area contributed by atoms with Crippen LogP contribution in [0.15, 0.2) is 24.3 Å². The van der Waals surface area contributed by atoms with Gasteiger partial charge >= 0.3 is 0 Å². The van der Waals surface area contributed by atoms with Gasteiger partial charge in [0.05, 0.1) is 0 Å². The normalized spacial score (nSPS) is 28.4. The van der Waals surface area contributed by atoms with Gasteiger partial charge in [0.1, 0.15) is 5.78 Å². The van der Waals surface area contributed by atoms with Crippen molar-refractivity contribution in [3.8, 4) is 0 Å². The van der Waals surface area contributed by atoms with Crippen LogP contribution in [0, 0.1) is 17.8 Å². The van der Waals surface area contributed by atoms with Crippen molar-refractivity contribution in [3.63, 3.8) is 0 Å². The molecule has 1 unspecified atom stereocenters. The van der Waals surface area contributed by atoms with Gasteiger partial charge in [-0.05, 0) is 54.9 Å². The third kappa shape index (κ3) is 3.04. The zero-order valence-corrected chi connectivity index (χ0v) is 12.0. The van der Waals surface area contributed by atoms with Crippen LogP contribution in [0.25, 0.3) is 0 Å². The second-order valence-electron chi connectivity index (χ2n) is 6.06.